The summed E-state index contributed by atoms with van der Waals surface area (Å²) in [6.45, 7) is 5.44. The molecule has 0 aromatic rings. The zero-order valence-electron chi connectivity index (χ0n) is 8.35. The standard InChI is InChI=1S/C9H21N3/c1-4-7-8(5-2)11-6-12-9(7)10-3/h7-12H,4-6H2,1-3H3. The average Bonchev–Trinajstić information content (AvgIpc) is 2.16. The van der Waals surface area contributed by atoms with Crippen LogP contribution < -0.4 is 16.0 Å². The van der Waals surface area contributed by atoms with Crippen LogP contribution in [0.15, 0.2) is 0 Å². The summed E-state index contributed by atoms with van der Waals surface area (Å²) in [7, 11) is 2.03. The minimum absolute atomic E-state index is 0.487. The van der Waals surface area contributed by atoms with E-state index in [0.29, 0.717) is 18.1 Å². The van der Waals surface area contributed by atoms with Crippen molar-refractivity contribution in [3.05, 3.63) is 0 Å². The maximum Gasteiger partial charge on any atom is 0.0623 e. The van der Waals surface area contributed by atoms with Gasteiger partial charge in [-0.05, 0) is 19.9 Å². The van der Waals surface area contributed by atoms with Crippen molar-refractivity contribution in [3.8, 4) is 0 Å². The van der Waals surface area contributed by atoms with Gasteiger partial charge in [0, 0.05) is 18.6 Å². The van der Waals surface area contributed by atoms with Crippen LogP contribution in [0.1, 0.15) is 26.7 Å². The fourth-order valence-corrected chi connectivity index (χ4v) is 2.12. The summed E-state index contributed by atoms with van der Waals surface area (Å²) in [6, 6.07) is 0.675. The van der Waals surface area contributed by atoms with E-state index in [1.807, 2.05) is 7.05 Å². The molecule has 1 saturated heterocycles. The first-order chi connectivity index (χ1) is 5.83. The number of hydrogen-bond donors (Lipinski definition) is 3. The van der Waals surface area contributed by atoms with Crippen LogP contribution in [0.2, 0.25) is 0 Å². The third kappa shape index (κ3) is 1.97. The van der Waals surface area contributed by atoms with Crippen LogP contribution in [0.4, 0.5) is 0 Å². The van der Waals surface area contributed by atoms with E-state index >= 15 is 0 Å². The van der Waals surface area contributed by atoms with E-state index in [9.17, 15) is 0 Å². The highest BCUT2D eigenvalue weighted by Gasteiger charge is 2.28. The van der Waals surface area contributed by atoms with Gasteiger partial charge < -0.3 is 10.6 Å². The third-order valence-corrected chi connectivity index (χ3v) is 2.85. The summed E-state index contributed by atoms with van der Waals surface area (Å²) in [5, 5.41) is 10.2. The van der Waals surface area contributed by atoms with Crippen LogP contribution in [0.25, 0.3) is 0 Å². The van der Waals surface area contributed by atoms with Gasteiger partial charge in [-0.2, -0.15) is 0 Å². The lowest BCUT2D eigenvalue weighted by Gasteiger charge is -2.38. The monoisotopic (exact) mass is 171 g/mol. The second kappa shape index (κ2) is 4.80. The van der Waals surface area contributed by atoms with E-state index in [0.717, 1.165) is 6.67 Å². The summed E-state index contributed by atoms with van der Waals surface area (Å²) in [5.74, 6) is 0.716. The fraction of sp³-hybridized carbons (Fsp3) is 1.00. The molecule has 3 N–H and O–H groups in total. The smallest absolute Gasteiger partial charge is 0.0623 e. The molecular formula is C9H21N3. The highest BCUT2D eigenvalue weighted by atomic mass is 15.2. The number of rotatable bonds is 3. The Bertz CT molecular complexity index is 115. The van der Waals surface area contributed by atoms with E-state index < -0.39 is 0 Å². The molecule has 0 saturated carbocycles. The fourth-order valence-electron chi connectivity index (χ4n) is 2.12. The Balaban J connectivity index is 2.52. The van der Waals surface area contributed by atoms with E-state index in [1.54, 1.807) is 0 Å². The van der Waals surface area contributed by atoms with Crippen molar-refractivity contribution < 1.29 is 0 Å². The van der Waals surface area contributed by atoms with Gasteiger partial charge in [-0.3, -0.25) is 5.32 Å². The van der Waals surface area contributed by atoms with Gasteiger partial charge in [0.2, 0.25) is 0 Å². The van der Waals surface area contributed by atoms with Crippen molar-refractivity contribution in [1.82, 2.24) is 16.0 Å². The number of nitrogens with one attached hydrogen (secondary N) is 3. The maximum atomic E-state index is 3.48. The predicted octanol–water partition coefficient (Wildman–Crippen LogP) is 0.487. The Morgan fingerprint density at radius 1 is 1.25 bits per heavy atom. The molecule has 72 valence electrons. The van der Waals surface area contributed by atoms with E-state index in [4.69, 9.17) is 0 Å². The molecule has 1 heterocycles. The molecule has 0 aromatic heterocycles. The molecule has 1 aliphatic heterocycles. The lowest BCUT2D eigenvalue weighted by Crippen LogP contribution is -2.61. The van der Waals surface area contributed by atoms with Crippen molar-refractivity contribution in [2.75, 3.05) is 13.7 Å². The largest absolute Gasteiger partial charge is 0.305 e. The molecule has 12 heavy (non-hydrogen) atoms. The predicted molar refractivity (Wildman–Crippen MR) is 51.8 cm³/mol. The molecule has 3 atom stereocenters. The molecular weight excluding hydrogens is 150 g/mol. The SMILES string of the molecule is CCC1NCNC(NC)C1CC. The van der Waals surface area contributed by atoms with Gasteiger partial charge in [-0.25, -0.2) is 0 Å². The van der Waals surface area contributed by atoms with Crippen LogP contribution in [0.5, 0.6) is 0 Å². The van der Waals surface area contributed by atoms with Crippen molar-refractivity contribution >= 4 is 0 Å². The van der Waals surface area contributed by atoms with Crippen LogP contribution in [-0.4, -0.2) is 25.9 Å². The van der Waals surface area contributed by atoms with E-state index in [1.165, 1.54) is 12.8 Å². The molecule has 3 heteroatoms. The summed E-state index contributed by atoms with van der Waals surface area (Å²) in [6.07, 6.45) is 2.93. The first-order valence-corrected chi connectivity index (χ1v) is 4.97. The molecule has 3 unspecified atom stereocenters. The molecule has 0 radical (unpaired) electrons. The molecule has 1 aliphatic rings. The molecule has 0 aromatic carbocycles. The van der Waals surface area contributed by atoms with Gasteiger partial charge in [-0.1, -0.05) is 13.8 Å². The average molecular weight is 171 g/mol. The first-order valence-electron chi connectivity index (χ1n) is 4.97. The van der Waals surface area contributed by atoms with Crippen molar-refractivity contribution in [1.29, 1.82) is 0 Å². The molecule has 3 nitrogen and oxygen atoms in total. The maximum absolute atomic E-state index is 3.48. The Hall–Kier alpha value is -0.120. The van der Waals surface area contributed by atoms with Crippen LogP contribution in [0, 0.1) is 5.92 Å². The van der Waals surface area contributed by atoms with Crippen LogP contribution in [-0.2, 0) is 0 Å². The minimum atomic E-state index is 0.487. The topological polar surface area (TPSA) is 36.1 Å². The lowest BCUT2D eigenvalue weighted by atomic mass is 9.90. The van der Waals surface area contributed by atoms with Crippen LogP contribution in [0.3, 0.4) is 0 Å². The van der Waals surface area contributed by atoms with Gasteiger partial charge in [0.15, 0.2) is 0 Å². The Morgan fingerprint density at radius 2 is 2.00 bits per heavy atom. The first kappa shape index (κ1) is 9.96. The molecule has 0 bridgehead atoms. The molecule has 0 aliphatic carbocycles. The minimum Gasteiger partial charge on any atom is -0.305 e. The Morgan fingerprint density at radius 3 is 2.50 bits per heavy atom. The highest BCUT2D eigenvalue weighted by Crippen LogP contribution is 2.17. The van der Waals surface area contributed by atoms with Gasteiger partial charge >= 0.3 is 0 Å². The molecule has 1 rings (SSSR count). The van der Waals surface area contributed by atoms with Crippen molar-refractivity contribution in [3.63, 3.8) is 0 Å². The van der Waals surface area contributed by atoms with E-state index in [-0.39, 0.29) is 0 Å². The summed E-state index contributed by atoms with van der Waals surface area (Å²) in [5.41, 5.74) is 0. The summed E-state index contributed by atoms with van der Waals surface area (Å²) < 4.78 is 0. The summed E-state index contributed by atoms with van der Waals surface area (Å²) >= 11 is 0. The van der Waals surface area contributed by atoms with Gasteiger partial charge in [0.05, 0.1) is 6.17 Å². The van der Waals surface area contributed by atoms with Crippen molar-refractivity contribution in [2.45, 2.75) is 38.9 Å². The normalized spacial score (nSPS) is 36.8. The van der Waals surface area contributed by atoms with Gasteiger partial charge in [-0.15, -0.1) is 0 Å². The van der Waals surface area contributed by atoms with Gasteiger partial charge in [0.25, 0.3) is 0 Å². The summed E-state index contributed by atoms with van der Waals surface area (Å²) in [4.78, 5) is 0. The molecule has 1 fully saturated rings. The Kier molecular flexibility index (Phi) is 3.98. The number of hydrogen-bond acceptors (Lipinski definition) is 3. The second-order valence-electron chi connectivity index (χ2n) is 3.44. The molecule has 0 spiro atoms. The Labute approximate surface area is 75.3 Å². The zero-order chi connectivity index (χ0) is 8.97. The lowest BCUT2D eigenvalue weighted by molar-refractivity contribution is 0.179. The highest BCUT2D eigenvalue weighted by molar-refractivity contribution is 4.86. The van der Waals surface area contributed by atoms with E-state index in [2.05, 4.69) is 29.8 Å². The second-order valence-corrected chi connectivity index (χ2v) is 3.44. The third-order valence-electron chi connectivity index (χ3n) is 2.85. The van der Waals surface area contributed by atoms with Crippen molar-refractivity contribution in [2.24, 2.45) is 5.92 Å². The quantitative estimate of drug-likeness (QED) is 0.578. The van der Waals surface area contributed by atoms with Gasteiger partial charge in [0.1, 0.15) is 0 Å². The van der Waals surface area contributed by atoms with Crippen LogP contribution >= 0.6 is 0 Å². The zero-order valence-corrected chi connectivity index (χ0v) is 8.35. The molecule has 0 amide bonds.